The first-order valence-electron chi connectivity index (χ1n) is 5.80. The third kappa shape index (κ3) is 5.42. The quantitative estimate of drug-likeness (QED) is 0.762. The van der Waals surface area contributed by atoms with Gasteiger partial charge in [-0.15, -0.1) is 0 Å². The van der Waals surface area contributed by atoms with Gasteiger partial charge < -0.3 is 10.2 Å². The minimum atomic E-state index is -2.49. The molecule has 1 aliphatic rings. The van der Waals surface area contributed by atoms with Crippen molar-refractivity contribution in [3.63, 3.8) is 0 Å². The van der Waals surface area contributed by atoms with E-state index in [0.29, 0.717) is 6.54 Å². The average molecular weight is 220 g/mol. The number of rotatable bonds is 5. The lowest BCUT2D eigenvalue weighted by molar-refractivity contribution is -0.0348. The molecule has 0 atom stereocenters. The molecule has 1 aliphatic heterocycles. The number of nitrogens with zero attached hydrogens (tertiary/aromatic N) is 1. The summed E-state index contributed by atoms with van der Waals surface area (Å²) in [5.74, 6) is -2.41. The molecule has 0 bridgehead atoms. The van der Waals surface area contributed by atoms with E-state index in [1.165, 1.54) is 0 Å². The van der Waals surface area contributed by atoms with Crippen LogP contribution in [0.3, 0.4) is 0 Å². The van der Waals surface area contributed by atoms with Gasteiger partial charge in [0.25, 0.3) is 0 Å². The number of hydrogen-bond acceptors (Lipinski definition) is 2. The SMILES string of the molecule is CC(C)CC(F)(F)CCN1CCNCC1. The maximum atomic E-state index is 13.4. The van der Waals surface area contributed by atoms with E-state index in [4.69, 9.17) is 0 Å². The van der Waals surface area contributed by atoms with Crippen LogP contribution in [0, 0.1) is 5.92 Å². The first-order valence-corrected chi connectivity index (χ1v) is 5.80. The zero-order chi connectivity index (χ0) is 11.3. The summed E-state index contributed by atoms with van der Waals surface area (Å²) in [5, 5.41) is 3.21. The predicted octanol–water partition coefficient (Wildman–Crippen LogP) is 1.96. The Morgan fingerprint density at radius 3 is 2.40 bits per heavy atom. The molecule has 1 heterocycles. The van der Waals surface area contributed by atoms with Gasteiger partial charge in [-0.25, -0.2) is 8.78 Å². The van der Waals surface area contributed by atoms with Crippen LogP contribution >= 0.6 is 0 Å². The maximum absolute atomic E-state index is 13.4. The molecule has 1 N–H and O–H groups in total. The minimum Gasteiger partial charge on any atom is -0.314 e. The summed E-state index contributed by atoms with van der Waals surface area (Å²) in [6, 6.07) is 0. The van der Waals surface area contributed by atoms with E-state index in [9.17, 15) is 8.78 Å². The maximum Gasteiger partial charge on any atom is 0.249 e. The van der Waals surface area contributed by atoms with Gasteiger partial charge in [-0.3, -0.25) is 0 Å². The zero-order valence-electron chi connectivity index (χ0n) is 9.73. The number of piperazine rings is 1. The lowest BCUT2D eigenvalue weighted by Gasteiger charge is -2.29. The van der Waals surface area contributed by atoms with E-state index < -0.39 is 5.92 Å². The fraction of sp³-hybridized carbons (Fsp3) is 1.00. The minimum absolute atomic E-state index is 0.00514. The van der Waals surface area contributed by atoms with Gasteiger partial charge in [0.2, 0.25) is 5.92 Å². The van der Waals surface area contributed by atoms with Crippen LogP contribution in [0.15, 0.2) is 0 Å². The summed E-state index contributed by atoms with van der Waals surface area (Å²) >= 11 is 0. The highest BCUT2D eigenvalue weighted by Crippen LogP contribution is 2.27. The van der Waals surface area contributed by atoms with Crippen molar-refractivity contribution in [2.24, 2.45) is 5.92 Å². The summed E-state index contributed by atoms with van der Waals surface area (Å²) < 4.78 is 26.8. The van der Waals surface area contributed by atoms with Crippen molar-refractivity contribution < 1.29 is 8.78 Å². The molecule has 90 valence electrons. The van der Waals surface area contributed by atoms with E-state index in [1.807, 2.05) is 13.8 Å². The van der Waals surface area contributed by atoms with Crippen LogP contribution in [0.1, 0.15) is 26.7 Å². The summed E-state index contributed by atoms with van der Waals surface area (Å²) in [6.07, 6.45) is 0.0181. The Morgan fingerprint density at radius 1 is 1.27 bits per heavy atom. The van der Waals surface area contributed by atoms with Gasteiger partial charge in [0.15, 0.2) is 0 Å². The van der Waals surface area contributed by atoms with Crippen LogP contribution < -0.4 is 5.32 Å². The Kier molecular flexibility index (Phi) is 4.93. The predicted molar refractivity (Wildman–Crippen MR) is 58.3 cm³/mol. The van der Waals surface area contributed by atoms with Crippen molar-refractivity contribution in [1.82, 2.24) is 10.2 Å². The molecule has 0 unspecified atom stereocenters. The number of halogens is 2. The van der Waals surface area contributed by atoms with E-state index in [2.05, 4.69) is 10.2 Å². The molecular formula is C11H22F2N2. The van der Waals surface area contributed by atoms with Crippen LogP contribution in [0.2, 0.25) is 0 Å². The van der Waals surface area contributed by atoms with Gasteiger partial charge in [0, 0.05) is 45.6 Å². The van der Waals surface area contributed by atoms with E-state index >= 15 is 0 Å². The van der Waals surface area contributed by atoms with Crippen LogP contribution in [-0.2, 0) is 0 Å². The zero-order valence-corrected chi connectivity index (χ0v) is 9.73. The van der Waals surface area contributed by atoms with Crippen molar-refractivity contribution in [3.05, 3.63) is 0 Å². The first-order chi connectivity index (χ1) is 6.99. The van der Waals surface area contributed by atoms with Gasteiger partial charge in [0.1, 0.15) is 0 Å². The van der Waals surface area contributed by atoms with Gasteiger partial charge in [-0.1, -0.05) is 13.8 Å². The lowest BCUT2D eigenvalue weighted by Crippen LogP contribution is -2.44. The molecule has 0 spiro atoms. The lowest BCUT2D eigenvalue weighted by atomic mass is 10.0. The number of nitrogens with one attached hydrogen (secondary N) is 1. The van der Waals surface area contributed by atoms with Gasteiger partial charge in [-0.2, -0.15) is 0 Å². The van der Waals surface area contributed by atoms with Crippen LogP contribution in [-0.4, -0.2) is 43.5 Å². The molecule has 0 radical (unpaired) electrons. The molecule has 2 nitrogen and oxygen atoms in total. The van der Waals surface area contributed by atoms with E-state index in [0.717, 1.165) is 26.2 Å². The summed E-state index contributed by atoms with van der Waals surface area (Å²) in [7, 11) is 0. The summed E-state index contributed by atoms with van der Waals surface area (Å²) in [4.78, 5) is 2.12. The molecule has 4 heteroatoms. The smallest absolute Gasteiger partial charge is 0.249 e. The Morgan fingerprint density at radius 2 is 1.87 bits per heavy atom. The van der Waals surface area contributed by atoms with E-state index in [1.54, 1.807) is 0 Å². The molecule has 0 aromatic carbocycles. The highest BCUT2D eigenvalue weighted by molar-refractivity contribution is 4.73. The Balaban J connectivity index is 2.21. The molecule has 15 heavy (non-hydrogen) atoms. The Bertz CT molecular complexity index is 177. The topological polar surface area (TPSA) is 15.3 Å². The molecule has 0 aliphatic carbocycles. The van der Waals surface area contributed by atoms with Crippen LogP contribution in [0.5, 0.6) is 0 Å². The Labute approximate surface area is 91.0 Å². The van der Waals surface area contributed by atoms with E-state index in [-0.39, 0.29) is 18.8 Å². The second-order valence-corrected chi connectivity index (χ2v) is 4.80. The monoisotopic (exact) mass is 220 g/mol. The summed E-state index contributed by atoms with van der Waals surface area (Å²) in [6.45, 7) is 7.87. The van der Waals surface area contributed by atoms with Gasteiger partial charge in [0.05, 0.1) is 0 Å². The molecule has 1 rings (SSSR count). The third-order valence-electron chi connectivity index (χ3n) is 2.71. The normalized spacial score (nSPS) is 19.8. The van der Waals surface area contributed by atoms with Gasteiger partial charge >= 0.3 is 0 Å². The molecular weight excluding hydrogens is 198 g/mol. The van der Waals surface area contributed by atoms with Crippen molar-refractivity contribution in [2.75, 3.05) is 32.7 Å². The number of hydrogen-bond donors (Lipinski definition) is 1. The molecule has 0 aromatic heterocycles. The van der Waals surface area contributed by atoms with Crippen molar-refractivity contribution in [3.8, 4) is 0 Å². The molecule has 1 fully saturated rings. The van der Waals surface area contributed by atoms with Crippen molar-refractivity contribution >= 4 is 0 Å². The summed E-state index contributed by atoms with van der Waals surface area (Å²) in [5.41, 5.74) is 0. The first kappa shape index (κ1) is 12.8. The van der Waals surface area contributed by atoms with Crippen LogP contribution in [0.4, 0.5) is 8.78 Å². The highest BCUT2D eigenvalue weighted by atomic mass is 19.3. The molecule has 0 aromatic rings. The average Bonchev–Trinajstić information content (AvgIpc) is 2.15. The third-order valence-corrected chi connectivity index (χ3v) is 2.71. The fourth-order valence-electron chi connectivity index (χ4n) is 1.96. The molecule has 1 saturated heterocycles. The molecule has 0 amide bonds. The molecule has 0 saturated carbocycles. The van der Waals surface area contributed by atoms with Gasteiger partial charge in [-0.05, 0) is 5.92 Å². The largest absolute Gasteiger partial charge is 0.314 e. The van der Waals surface area contributed by atoms with Crippen LogP contribution in [0.25, 0.3) is 0 Å². The second-order valence-electron chi connectivity index (χ2n) is 4.80. The fourth-order valence-corrected chi connectivity index (χ4v) is 1.96. The van der Waals surface area contributed by atoms with Crippen molar-refractivity contribution in [2.45, 2.75) is 32.6 Å². The van der Waals surface area contributed by atoms with Crippen molar-refractivity contribution in [1.29, 1.82) is 0 Å². The standard InChI is InChI=1S/C11H22F2N2/c1-10(2)9-11(12,13)3-6-15-7-4-14-5-8-15/h10,14H,3-9H2,1-2H3. The number of alkyl halides is 2. The second kappa shape index (κ2) is 5.75. The Hall–Kier alpha value is -0.220. The highest BCUT2D eigenvalue weighted by Gasteiger charge is 2.30.